The minimum atomic E-state index is -0.613. The van der Waals surface area contributed by atoms with Crippen molar-refractivity contribution in [3.05, 3.63) is 114 Å². The van der Waals surface area contributed by atoms with Crippen LogP contribution in [0.4, 0.5) is 0 Å². The van der Waals surface area contributed by atoms with Crippen LogP contribution in [0.25, 0.3) is 0 Å². The van der Waals surface area contributed by atoms with Gasteiger partial charge in [-0.15, -0.1) is 0 Å². The van der Waals surface area contributed by atoms with E-state index in [0.29, 0.717) is 31.1 Å². The highest BCUT2D eigenvalue weighted by Crippen LogP contribution is 2.27. The van der Waals surface area contributed by atoms with Crippen molar-refractivity contribution >= 4 is 6.29 Å². The Morgan fingerprint density at radius 1 is 0.781 bits per heavy atom. The van der Waals surface area contributed by atoms with Gasteiger partial charge < -0.3 is 18.9 Å². The van der Waals surface area contributed by atoms with Gasteiger partial charge in [0, 0.05) is 0 Å². The first-order chi connectivity index (χ1) is 15.8. The third-order valence-electron chi connectivity index (χ3n) is 5.19. The van der Waals surface area contributed by atoms with Crippen LogP contribution in [0.15, 0.2) is 103 Å². The van der Waals surface area contributed by atoms with Crippen LogP contribution in [0.3, 0.4) is 0 Å². The molecule has 0 aromatic heterocycles. The molecule has 3 aromatic rings. The van der Waals surface area contributed by atoms with Gasteiger partial charge >= 0.3 is 0 Å². The van der Waals surface area contributed by atoms with E-state index in [9.17, 15) is 4.79 Å². The fourth-order valence-electron chi connectivity index (χ4n) is 3.53. The predicted molar refractivity (Wildman–Crippen MR) is 121 cm³/mol. The molecule has 0 saturated carbocycles. The lowest BCUT2D eigenvalue weighted by atomic mass is 9.99. The summed E-state index contributed by atoms with van der Waals surface area (Å²) in [6.45, 7) is 1.12. The molecular formula is C27H26O5. The summed E-state index contributed by atoms with van der Waals surface area (Å²) in [6.07, 6.45) is 0.640. The van der Waals surface area contributed by atoms with E-state index in [1.54, 1.807) is 0 Å². The van der Waals surface area contributed by atoms with Gasteiger partial charge in [0.15, 0.2) is 18.5 Å². The van der Waals surface area contributed by atoms with Crippen molar-refractivity contribution in [2.45, 2.75) is 31.5 Å². The van der Waals surface area contributed by atoms with Crippen LogP contribution in [0, 0.1) is 0 Å². The second-order valence-electron chi connectivity index (χ2n) is 7.52. The van der Waals surface area contributed by atoms with E-state index in [0.717, 1.165) is 17.4 Å². The van der Waals surface area contributed by atoms with Crippen LogP contribution in [0.2, 0.25) is 0 Å². The first-order valence-corrected chi connectivity index (χ1v) is 10.6. The Kier molecular flexibility index (Phi) is 7.69. The summed E-state index contributed by atoms with van der Waals surface area (Å²) < 4.78 is 24.3. The molecule has 0 bridgehead atoms. The van der Waals surface area contributed by atoms with Gasteiger partial charge in [0.25, 0.3) is 0 Å². The van der Waals surface area contributed by atoms with Gasteiger partial charge in [-0.05, 0) is 23.3 Å². The Balaban J connectivity index is 1.50. The van der Waals surface area contributed by atoms with E-state index in [1.165, 1.54) is 6.26 Å². The molecule has 0 amide bonds. The maximum atomic E-state index is 11.8. The molecular weight excluding hydrogens is 404 g/mol. The third-order valence-corrected chi connectivity index (χ3v) is 5.19. The second-order valence-corrected chi connectivity index (χ2v) is 7.52. The zero-order valence-electron chi connectivity index (χ0n) is 17.7. The van der Waals surface area contributed by atoms with Gasteiger partial charge in [0.1, 0.15) is 11.9 Å². The lowest BCUT2D eigenvalue weighted by Crippen LogP contribution is -2.49. The summed E-state index contributed by atoms with van der Waals surface area (Å²) in [5, 5.41) is 0. The van der Waals surface area contributed by atoms with Crippen molar-refractivity contribution in [3.8, 4) is 5.75 Å². The molecule has 3 aromatic carbocycles. The molecule has 0 unspecified atom stereocenters. The minimum absolute atomic E-state index is 0.297. The average molecular weight is 431 g/mol. The van der Waals surface area contributed by atoms with Crippen LogP contribution < -0.4 is 4.74 Å². The number of hydrogen-bond donors (Lipinski definition) is 0. The van der Waals surface area contributed by atoms with Crippen molar-refractivity contribution in [1.29, 1.82) is 0 Å². The molecule has 3 atom stereocenters. The second kappa shape index (κ2) is 11.3. The highest BCUT2D eigenvalue weighted by atomic mass is 16.6. The number of carbonyl (C=O) groups is 1. The standard InChI is InChI=1S/C27H26O5/c28-16-23-19-30-25(20-29-17-21-10-4-1-5-11-21)27(31-18-22-12-6-2-7-13-22)26(23)32-24-14-8-3-9-15-24/h1-16,19,25-27H,17-18,20H2/t25-,26+,27-/m1/s1. The van der Waals surface area contributed by atoms with Gasteiger partial charge in [-0.1, -0.05) is 78.9 Å². The lowest BCUT2D eigenvalue weighted by molar-refractivity contribution is -0.133. The van der Waals surface area contributed by atoms with E-state index in [4.69, 9.17) is 18.9 Å². The molecule has 1 aliphatic rings. The van der Waals surface area contributed by atoms with E-state index in [-0.39, 0.29) is 0 Å². The zero-order chi connectivity index (χ0) is 22.0. The van der Waals surface area contributed by atoms with E-state index >= 15 is 0 Å². The summed E-state index contributed by atoms with van der Waals surface area (Å²) in [6, 6.07) is 29.2. The Morgan fingerprint density at radius 3 is 2.00 bits per heavy atom. The van der Waals surface area contributed by atoms with Gasteiger partial charge in [-0.3, -0.25) is 4.79 Å². The van der Waals surface area contributed by atoms with Crippen molar-refractivity contribution in [3.63, 3.8) is 0 Å². The maximum absolute atomic E-state index is 11.8. The summed E-state index contributed by atoms with van der Waals surface area (Å²) in [5.74, 6) is 0.657. The molecule has 32 heavy (non-hydrogen) atoms. The molecule has 5 heteroatoms. The van der Waals surface area contributed by atoms with Crippen LogP contribution in [0.5, 0.6) is 5.75 Å². The fraction of sp³-hybridized carbons (Fsp3) is 0.222. The number of hydrogen-bond acceptors (Lipinski definition) is 5. The van der Waals surface area contributed by atoms with Crippen LogP contribution >= 0.6 is 0 Å². The first-order valence-electron chi connectivity index (χ1n) is 10.6. The van der Waals surface area contributed by atoms with Crippen LogP contribution in [-0.4, -0.2) is 31.2 Å². The molecule has 164 valence electrons. The first kappa shape index (κ1) is 21.8. The Labute approximate surface area is 188 Å². The SMILES string of the molecule is O=CC1=CO[C@H](COCc2ccccc2)[C@@H](OCc2ccccc2)[C@H]1Oc1ccccc1. The molecule has 0 radical (unpaired) electrons. The van der Waals surface area contributed by atoms with Crippen molar-refractivity contribution < 1.29 is 23.7 Å². The average Bonchev–Trinajstić information content (AvgIpc) is 2.85. The van der Waals surface area contributed by atoms with Gasteiger partial charge in [0.05, 0.1) is 31.7 Å². The fourth-order valence-corrected chi connectivity index (χ4v) is 3.53. The topological polar surface area (TPSA) is 54.0 Å². The normalized spacial score (nSPS) is 20.1. The zero-order valence-corrected chi connectivity index (χ0v) is 17.7. The number of aldehydes is 1. The summed E-state index contributed by atoms with van der Waals surface area (Å²) in [4.78, 5) is 11.8. The molecule has 0 saturated heterocycles. The molecule has 1 heterocycles. The molecule has 0 spiro atoms. The predicted octanol–water partition coefficient (Wildman–Crippen LogP) is 4.72. The molecule has 4 rings (SSSR count). The number of ether oxygens (including phenoxy) is 4. The molecule has 0 N–H and O–H groups in total. The number of para-hydroxylation sites is 1. The third kappa shape index (κ3) is 5.84. The van der Waals surface area contributed by atoms with E-state index in [1.807, 2.05) is 91.0 Å². The largest absolute Gasteiger partial charge is 0.492 e. The van der Waals surface area contributed by atoms with Gasteiger partial charge in [-0.25, -0.2) is 0 Å². The summed E-state index contributed by atoms with van der Waals surface area (Å²) in [5.41, 5.74) is 2.50. The molecule has 1 aliphatic heterocycles. The van der Waals surface area contributed by atoms with E-state index < -0.39 is 18.3 Å². The van der Waals surface area contributed by atoms with Crippen LogP contribution in [-0.2, 0) is 32.2 Å². The van der Waals surface area contributed by atoms with Crippen LogP contribution in [0.1, 0.15) is 11.1 Å². The van der Waals surface area contributed by atoms with Crippen molar-refractivity contribution in [2.24, 2.45) is 0 Å². The molecule has 0 fully saturated rings. The minimum Gasteiger partial charge on any atom is -0.492 e. The summed E-state index contributed by atoms with van der Waals surface area (Å²) in [7, 11) is 0. The smallest absolute Gasteiger partial charge is 0.160 e. The number of benzene rings is 3. The van der Waals surface area contributed by atoms with Gasteiger partial charge in [0.2, 0.25) is 0 Å². The maximum Gasteiger partial charge on any atom is 0.160 e. The quantitative estimate of drug-likeness (QED) is 0.436. The molecule has 5 nitrogen and oxygen atoms in total. The lowest BCUT2D eigenvalue weighted by Gasteiger charge is -2.36. The monoisotopic (exact) mass is 430 g/mol. The Morgan fingerprint density at radius 2 is 1.38 bits per heavy atom. The highest BCUT2D eigenvalue weighted by molar-refractivity contribution is 5.75. The van der Waals surface area contributed by atoms with E-state index in [2.05, 4.69) is 0 Å². The number of rotatable bonds is 10. The number of carbonyl (C=O) groups excluding carboxylic acids is 1. The Hall–Kier alpha value is -3.41. The van der Waals surface area contributed by atoms with Crippen molar-refractivity contribution in [2.75, 3.05) is 6.61 Å². The van der Waals surface area contributed by atoms with Crippen molar-refractivity contribution in [1.82, 2.24) is 0 Å². The molecule has 0 aliphatic carbocycles. The summed E-state index contributed by atoms with van der Waals surface area (Å²) >= 11 is 0. The Bertz CT molecular complexity index is 988. The highest BCUT2D eigenvalue weighted by Gasteiger charge is 2.39. The van der Waals surface area contributed by atoms with Gasteiger partial charge in [-0.2, -0.15) is 0 Å².